The summed E-state index contributed by atoms with van der Waals surface area (Å²) < 4.78 is 27.5. The minimum absolute atomic E-state index is 0.131. The molecule has 1 aromatic heterocycles. The molecule has 0 spiro atoms. The Labute approximate surface area is 98.8 Å². The monoisotopic (exact) mass is 250 g/mol. The van der Waals surface area contributed by atoms with Gasteiger partial charge in [-0.1, -0.05) is 12.1 Å². The number of benzene rings is 1. The molecule has 0 unspecified atom stereocenters. The predicted octanol–water partition coefficient (Wildman–Crippen LogP) is 1.91. The van der Waals surface area contributed by atoms with Crippen molar-refractivity contribution in [2.75, 3.05) is 6.26 Å². The van der Waals surface area contributed by atoms with Gasteiger partial charge in [-0.15, -0.1) is 0 Å². The number of ketones is 1. The smallest absolute Gasteiger partial charge is 0.196 e. The first-order chi connectivity index (χ1) is 7.98. The fourth-order valence-corrected chi connectivity index (χ4v) is 2.10. The summed E-state index contributed by atoms with van der Waals surface area (Å²) in [4.78, 5) is 12.1. The van der Waals surface area contributed by atoms with E-state index in [1.807, 2.05) is 0 Å². The van der Waals surface area contributed by atoms with Crippen LogP contribution in [0.25, 0.3) is 0 Å². The minimum Gasteiger partial charge on any atom is -0.472 e. The highest BCUT2D eigenvalue weighted by atomic mass is 32.2. The number of rotatable bonds is 3. The van der Waals surface area contributed by atoms with Gasteiger partial charge in [0.1, 0.15) is 6.26 Å². The Bertz CT molecular complexity index is 639. The first-order valence-corrected chi connectivity index (χ1v) is 6.74. The molecule has 0 saturated heterocycles. The van der Waals surface area contributed by atoms with E-state index in [9.17, 15) is 13.2 Å². The molecule has 0 fully saturated rings. The Morgan fingerprint density at radius 1 is 1.18 bits per heavy atom. The summed E-state index contributed by atoms with van der Waals surface area (Å²) in [6.45, 7) is 0. The molecule has 2 rings (SSSR count). The van der Waals surface area contributed by atoms with Gasteiger partial charge in [0.2, 0.25) is 0 Å². The second-order valence-corrected chi connectivity index (χ2v) is 5.66. The molecule has 0 N–H and O–H groups in total. The topological polar surface area (TPSA) is 64.3 Å². The summed E-state index contributed by atoms with van der Waals surface area (Å²) in [5, 5.41) is 0. The van der Waals surface area contributed by atoms with E-state index in [1.54, 1.807) is 12.1 Å². The van der Waals surface area contributed by atoms with Crippen LogP contribution in [-0.4, -0.2) is 20.5 Å². The summed E-state index contributed by atoms with van der Waals surface area (Å²) in [6.07, 6.45) is 3.83. The van der Waals surface area contributed by atoms with Gasteiger partial charge in [0.05, 0.1) is 16.7 Å². The highest BCUT2D eigenvalue weighted by Crippen LogP contribution is 2.15. The summed E-state index contributed by atoms with van der Waals surface area (Å²) in [7, 11) is -3.30. The normalized spacial score (nSPS) is 11.4. The number of furan rings is 1. The van der Waals surface area contributed by atoms with Crippen LogP contribution in [0.2, 0.25) is 0 Å². The molecule has 0 radical (unpaired) electrons. The molecule has 0 aliphatic carbocycles. The first kappa shape index (κ1) is 11.6. The third-order valence-corrected chi connectivity index (χ3v) is 3.42. The molecule has 0 bridgehead atoms. The molecule has 1 aromatic carbocycles. The molecular formula is C12H10O4S. The zero-order valence-electron chi connectivity index (χ0n) is 9.08. The first-order valence-electron chi connectivity index (χ1n) is 4.85. The number of hydrogen-bond acceptors (Lipinski definition) is 4. The fraction of sp³-hybridized carbons (Fsp3) is 0.0833. The molecule has 5 heteroatoms. The lowest BCUT2D eigenvalue weighted by Gasteiger charge is -2.01. The van der Waals surface area contributed by atoms with Gasteiger partial charge in [0, 0.05) is 11.8 Å². The molecule has 1 heterocycles. The van der Waals surface area contributed by atoms with Gasteiger partial charge in [-0.25, -0.2) is 8.42 Å². The van der Waals surface area contributed by atoms with Crippen molar-refractivity contribution < 1.29 is 17.6 Å². The van der Waals surface area contributed by atoms with E-state index < -0.39 is 9.84 Å². The molecule has 0 aliphatic rings. The Morgan fingerprint density at radius 2 is 1.94 bits per heavy atom. The summed E-state index contributed by atoms with van der Waals surface area (Å²) in [6, 6.07) is 7.48. The summed E-state index contributed by atoms with van der Waals surface area (Å²) in [5.41, 5.74) is 0.727. The third-order valence-electron chi connectivity index (χ3n) is 2.31. The van der Waals surface area contributed by atoms with Gasteiger partial charge in [-0.3, -0.25) is 4.79 Å². The van der Waals surface area contributed by atoms with E-state index in [0.717, 1.165) is 6.26 Å². The van der Waals surface area contributed by atoms with Crippen molar-refractivity contribution in [3.63, 3.8) is 0 Å². The SMILES string of the molecule is CS(=O)(=O)c1cccc(C(=O)c2ccoc2)c1. The molecule has 0 amide bonds. The van der Waals surface area contributed by atoms with Crippen molar-refractivity contribution in [1.29, 1.82) is 0 Å². The van der Waals surface area contributed by atoms with Crippen molar-refractivity contribution in [2.45, 2.75) is 4.90 Å². The maximum absolute atomic E-state index is 11.9. The van der Waals surface area contributed by atoms with E-state index in [2.05, 4.69) is 0 Å². The van der Waals surface area contributed by atoms with E-state index in [1.165, 1.54) is 30.7 Å². The van der Waals surface area contributed by atoms with E-state index in [4.69, 9.17) is 4.42 Å². The van der Waals surface area contributed by atoms with Crippen LogP contribution < -0.4 is 0 Å². The number of carbonyl (C=O) groups is 1. The Balaban J connectivity index is 2.45. The minimum atomic E-state index is -3.30. The molecule has 0 aliphatic heterocycles. The van der Waals surface area contributed by atoms with Crippen LogP contribution in [0.1, 0.15) is 15.9 Å². The van der Waals surface area contributed by atoms with E-state index in [-0.39, 0.29) is 10.7 Å². The van der Waals surface area contributed by atoms with Crippen LogP contribution in [0, 0.1) is 0 Å². The Hall–Kier alpha value is -1.88. The predicted molar refractivity (Wildman–Crippen MR) is 61.7 cm³/mol. The van der Waals surface area contributed by atoms with Crippen molar-refractivity contribution in [3.05, 3.63) is 54.0 Å². The largest absolute Gasteiger partial charge is 0.472 e. The fourth-order valence-electron chi connectivity index (χ4n) is 1.43. The standard InChI is InChI=1S/C12H10O4S/c1-17(14,15)11-4-2-3-9(7-11)12(13)10-5-6-16-8-10/h2-8H,1H3. The lowest BCUT2D eigenvalue weighted by Crippen LogP contribution is -2.03. The highest BCUT2D eigenvalue weighted by Gasteiger charge is 2.13. The zero-order chi connectivity index (χ0) is 12.5. The average Bonchev–Trinajstić information content (AvgIpc) is 2.80. The van der Waals surface area contributed by atoms with Gasteiger partial charge in [0.15, 0.2) is 15.6 Å². The summed E-state index contributed by atoms with van der Waals surface area (Å²) >= 11 is 0. The maximum atomic E-state index is 11.9. The van der Waals surface area contributed by atoms with Gasteiger partial charge in [-0.2, -0.15) is 0 Å². The van der Waals surface area contributed by atoms with Crippen molar-refractivity contribution in [2.24, 2.45) is 0 Å². The van der Waals surface area contributed by atoms with Crippen LogP contribution in [0.15, 0.2) is 52.2 Å². The van der Waals surface area contributed by atoms with E-state index in [0.29, 0.717) is 11.1 Å². The second-order valence-electron chi connectivity index (χ2n) is 3.64. The molecule has 2 aromatic rings. The van der Waals surface area contributed by atoms with Crippen LogP contribution in [0.3, 0.4) is 0 Å². The number of carbonyl (C=O) groups excluding carboxylic acids is 1. The third kappa shape index (κ3) is 2.45. The highest BCUT2D eigenvalue weighted by molar-refractivity contribution is 7.90. The van der Waals surface area contributed by atoms with Crippen molar-refractivity contribution in [3.8, 4) is 0 Å². The Morgan fingerprint density at radius 3 is 2.53 bits per heavy atom. The number of sulfone groups is 1. The van der Waals surface area contributed by atoms with Crippen molar-refractivity contribution >= 4 is 15.6 Å². The molecule has 17 heavy (non-hydrogen) atoms. The van der Waals surface area contributed by atoms with Gasteiger partial charge in [-0.05, 0) is 18.2 Å². The Kier molecular flexibility index (Phi) is 2.85. The molecule has 88 valence electrons. The molecular weight excluding hydrogens is 240 g/mol. The average molecular weight is 250 g/mol. The van der Waals surface area contributed by atoms with Crippen LogP contribution >= 0.6 is 0 Å². The summed E-state index contributed by atoms with van der Waals surface area (Å²) in [5.74, 6) is -0.260. The zero-order valence-corrected chi connectivity index (χ0v) is 9.90. The van der Waals surface area contributed by atoms with Crippen LogP contribution in [-0.2, 0) is 9.84 Å². The molecule has 0 saturated carbocycles. The van der Waals surface area contributed by atoms with Crippen LogP contribution in [0.4, 0.5) is 0 Å². The van der Waals surface area contributed by atoms with Gasteiger partial charge >= 0.3 is 0 Å². The quantitative estimate of drug-likeness (QED) is 0.780. The molecule has 4 nitrogen and oxygen atoms in total. The van der Waals surface area contributed by atoms with Gasteiger partial charge in [0.25, 0.3) is 0 Å². The lowest BCUT2D eigenvalue weighted by molar-refractivity contribution is 0.103. The van der Waals surface area contributed by atoms with Crippen LogP contribution in [0.5, 0.6) is 0 Å². The van der Waals surface area contributed by atoms with Crippen molar-refractivity contribution in [1.82, 2.24) is 0 Å². The number of hydrogen-bond donors (Lipinski definition) is 0. The second kappa shape index (κ2) is 4.18. The lowest BCUT2D eigenvalue weighted by atomic mass is 10.1. The molecule has 0 atom stereocenters. The van der Waals surface area contributed by atoms with E-state index >= 15 is 0 Å². The van der Waals surface area contributed by atoms with Gasteiger partial charge < -0.3 is 4.42 Å². The maximum Gasteiger partial charge on any atom is 0.196 e.